The third-order valence-electron chi connectivity index (χ3n) is 7.24. The predicted molar refractivity (Wildman–Crippen MR) is 149 cm³/mol. The Bertz CT molecular complexity index is 1230. The van der Waals surface area contributed by atoms with Gasteiger partial charge in [0, 0.05) is 47.7 Å². The molecule has 1 spiro atoms. The molecule has 8 nitrogen and oxygen atoms in total. The van der Waals surface area contributed by atoms with Crippen LogP contribution in [0.4, 0.5) is 5.69 Å². The van der Waals surface area contributed by atoms with Gasteiger partial charge in [0.15, 0.2) is 0 Å². The van der Waals surface area contributed by atoms with Crippen molar-refractivity contribution in [3.05, 3.63) is 59.3 Å². The number of benzene rings is 1. The van der Waals surface area contributed by atoms with E-state index in [9.17, 15) is 9.59 Å². The largest absolute Gasteiger partial charge is 0.380 e. The molecular formula is C28H35N5O3S. The first kappa shape index (κ1) is 25.6. The van der Waals surface area contributed by atoms with Crippen LogP contribution in [0.3, 0.4) is 0 Å². The fourth-order valence-corrected chi connectivity index (χ4v) is 5.52. The van der Waals surface area contributed by atoms with E-state index in [0.717, 1.165) is 37.6 Å². The minimum atomic E-state index is -0.292. The van der Waals surface area contributed by atoms with Crippen LogP contribution in [-0.4, -0.2) is 60.8 Å². The van der Waals surface area contributed by atoms with E-state index in [4.69, 9.17) is 9.73 Å². The summed E-state index contributed by atoms with van der Waals surface area (Å²) in [4.78, 5) is 32.2. The minimum Gasteiger partial charge on any atom is -0.380 e. The molecule has 4 heterocycles. The highest BCUT2D eigenvalue weighted by molar-refractivity contribution is 8.03. The minimum absolute atomic E-state index is 0.112. The maximum Gasteiger partial charge on any atom is 0.253 e. The quantitative estimate of drug-likeness (QED) is 0.624. The van der Waals surface area contributed by atoms with Crippen molar-refractivity contribution in [3.63, 3.8) is 0 Å². The second kappa shape index (κ2) is 10.4. The Balaban J connectivity index is 1.16. The second-order valence-electron chi connectivity index (χ2n) is 11.1. The number of nitrogens with zero attached hydrogens (tertiary/aromatic N) is 3. The monoisotopic (exact) mass is 521 g/mol. The number of amidine groups is 1. The molecule has 37 heavy (non-hydrogen) atoms. The SMILES string of the molecule is CC(C)(C)n1ccc(C(=O)NCC(=O)NC2=NC(c3cccc(N4CCC5(CC4)COC5)c3)=CSC2)c1. The fraction of sp³-hybridized carbons (Fsp3) is 0.464. The van der Waals surface area contributed by atoms with Crippen molar-refractivity contribution in [1.29, 1.82) is 0 Å². The first-order chi connectivity index (χ1) is 17.7. The number of hydrogen-bond acceptors (Lipinski definition) is 6. The topological polar surface area (TPSA) is 88.0 Å². The van der Waals surface area contributed by atoms with Gasteiger partial charge in [-0.2, -0.15) is 0 Å². The van der Waals surface area contributed by atoms with Crippen molar-refractivity contribution in [2.75, 3.05) is 43.5 Å². The normalized spacial score (nSPS) is 19.1. The van der Waals surface area contributed by atoms with Gasteiger partial charge >= 0.3 is 0 Å². The van der Waals surface area contributed by atoms with Gasteiger partial charge in [-0.25, -0.2) is 4.99 Å². The van der Waals surface area contributed by atoms with Crippen LogP contribution < -0.4 is 15.5 Å². The number of aliphatic imine (C=N–C) groups is 1. The summed E-state index contributed by atoms with van der Waals surface area (Å²) in [7, 11) is 0. The number of carbonyl (C=O) groups is 2. The van der Waals surface area contributed by atoms with E-state index < -0.39 is 0 Å². The Kier molecular flexibility index (Phi) is 7.18. The summed E-state index contributed by atoms with van der Waals surface area (Å²) in [5.41, 5.74) is 3.89. The van der Waals surface area contributed by atoms with E-state index >= 15 is 0 Å². The molecule has 2 N–H and O–H groups in total. The number of anilines is 1. The smallest absolute Gasteiger partial charge is 0.253 e. The van der Waals surface area contributed by atoms with Gasteiger partial charge in [0.25, 0.3) is 5.91 Å². The zero-order valence-electron chi connectivity index (χ0n) is 21.8. The lowest BCUT2D eigenvalue weighted by Gasteiger charge is -2.47. The lowest BCUT2D eigenvalue weighted by atomic mass is 9.77. The Morgan fingerprint density at radius 3 is 2.62 bits per heavy atom. The molecule has 3 aliphatic heterocycles. The summed E-state index contributed by atoms with van der Waals surface area (Å²) in [5.74, 6) is 0.605. The van der Waals surface area contributed by atoms with E-state index in [1.54, 1.807) is 24.0 Å². The number of aromatic nitrogens is 1. The van der Waals surface area contributed by atoms with E-state index in [2.05, 4.69) is 60.6 Å². The van der Waals surface area contributed by atoms with Gasteiger partial charge in [0.1, 0.15) is 5.84 Å². The summed E-state index contributed by atoms with van der Waals surface area (Å²) in [6.07, 6.45) is 6.01. The molecule has 0 unspecified atom stereocenters. The maximum absolute atomic E-state index is 12.5. The number of carbonyl (C=O) groups excluding carboxylic acids is 2. The van der Waals surface area contributed by atoms with Gasteiger partial charge in [-0.05, 0) is 57.2 Å². The van der Waals surface area contributed by atoms with E-state index in [1.807, 2.05) is 16.2 Å². The highest BCUT2D eigenvalue weighted by Crippen LogP contribution is 2.40. The molecule has 1 aromatic heterocycles. The molecular weight excluding hydrogens is 486 g/mol. The van der Waals surface area contributed by atoms with Crippen LogP contribution in [0.15, 0.2) is 53.1 Å². The van der Waals surface area contributed by atoms with Crippen LogP contribution >= 0.6 is 11.8 Å². The fourth-order valence-electron chi connectivity index (χ4n) is 4.80. The number of thioether (sulfide) groups is 1. The Morgan fingerprint density at radius 1 is 1.16 bits per heavy atom. The first-order valence-electron chi connectivity index (χ1n) is 12.8. The molecule has 3 aliphatic rings. The van der Waals surface area contributed by atoms with Gasteiger partial charge in [-0.1, -0.05) is 12.1 Å². The van der Waals surface area contributed by atoms with Crippen LogP contribution in [0.25, 0.3) is 5.70 Å². The van der Waals surface area contributed by atoms with E-state index in [-0.39, 0.29) is 23.9 Å². The van der Waals surface area contributed by atoms with Crippen LogP contribution in [0.5, 0.6) is 0 Å². The van der Waals surface area contributed by atoms with Gasteiger partial charge in [0.2, 0.25) is 5.91 Å². The van der Waals surface area contributed by atoms with Crippen LogP contribution in [0, 0.1) is 5.41 Å². The Labute approximate surface area is 222 Å². The summed E-state index contributed by atoms with van der Waals surface area (Å²) in [6.45, 7) is 9.98. The van der Waals surface area contributed by atoms with Crippen molar-refractivity contribution in [1.82, 2.24) is 15.2 Å². The number of amides is 2. The molecule has 0 atom stereocenters. The number of piperidine rings is 1. The summed E-state index contributed by atoms with van der Waals surface area (Å²) in [6, 6.07) is 10.2. The summed E-state index contributed by atoms with van der Waals surface area (Å²) >= 11 is 1.60. The number of nitrogens with one attached hydrogen (secondary N) is 2. The lowest BCUT2D eigenvalue weighted by molar-refractivity contribution is -0.124. The molecule has 0 aliphatic carbocycles. The van der Waals surface area contributed by atoms with Crippen LogP contribution in [0.1, 0.15) is 49.5 Å². The molecule has 2 amide bonds. The van der Waals surface area contributed by atoms with Crippen molar-refractivity contribution in [2.24, 2.45) is 10.4 Å². The number of rotatable bonds is 5. The first-order valence-corrected chi connectivity index (χ1v) is 13.8. The van der Waals surface area contributed by atoms with Gasteiger partial charge in [-0.3, -0.25) is 9.59 Å². The number of hydrogen-bond donors (Lipinski definition) is 2. The lowest BCUT2D eigenvalue weighted by Crippen LogP contribution is -2.50. The Hall–Kier alpha value is -3.04. The molecule has 0 radical (unpaired) electrons. The summed E-state index contributed by atoms with van der Waals surface area (Å²) < 4.78 is 7.43. The van der Waals surface area contributed by atoms with Crippen molar-refractivity contribution in [3.8, 4) is 0 Å². The van der Waals surface area contributed by atoms with E-state index in [0.29, 0.717) is 22.6 Å². The predicted octanol–water partition coefficient (Wildman–Crippen LogP) is 3.85. The van der Waals surface area contributed by atoms with Gasteiger partial charge in [-0.15, -0.1) is 11.8 Å². The van der Waals surface area contributed by atoms with Gasteiger partial charge in [0.05, 0.1) is 36.8 Å². The highest BCUT2D eigenvalue weighted by Gasteiger charge is 2.41. The Morgan fingerprint density at radius 2 is 1.95 bits per heavy atom. The zero-order valence-corrected chi connectivity index (χ0v) is 22.6. The molecule has 2 aromatic rings. The van der Waals surface area contributed by atoms with Crippen LogP contribution in [-0.2, 0) is 15.1 Å². The van der Waals surface area contributed by atoms with Crippen molar-refractivity contribution >= 4 is 40.8 Å². The third kappa shape index (κ3) is 5.93. The van der Waals surface area contributed by atoms with Crippen molar-refractivity contribution in [2.45, 2.75) is 39.2 Å². The molecule has 0 bridgehead atoms. The number of ether oxygens (including phenoxy) is 1. The van der Waals surface area contributed by atoms with Crippen molar-refractivity contribution < 1.29 is 14.3 Å². The molecule has 2 saturated heterocycles. The molecule has 196 valence electrons. The van der Waals surface area contributed by atoms with Crippen LogP contribution in [0.2, 0.25) is 0 Å². The standard InChI is InChI=1S/C28H35N5O3S/c1-27(2,3)33-10-7-21(15-33)26(35)29-14-25(34)31-24-17-37-16-23(30-24)20-5-4-6-22(13-20)32-11-8-28(9-12-32)18-36-19-28/h4-7,10,13,15-16H,8-9,11-12,14,17-19H2,1-3H3,(H,29,35)(H,30,31,34). The zero-order chi connectivity index (χ0) is 26.0. The van der Waals surface area contributed by atoms with Gasteiger partial charge < -0.3 is 24.8 Å². The molecule has 1 aromatic carbocycles. The molecule has 0 saturated carbocycles. The molecule has 5 rings (SSSR count). The summed E-state index contributed by atoms with van der Waals surface area (Å²) in [5, 5.41) is 7.60. The maximum atomic E-state index is 12.5. The molecule has 2 fully saturated rings. The second-order valence-corrected chi connectivity index (χ2v) is 12.0. The average Bonchev–Trinajstić information content (AvgIpc) is 3.38. The molecule has 9 heteroatoms. The van der Waals surface area contributed by atoms with E-state index in [1.165, 1.54) is 18.5 Å². The average molecular weight is 522 g/mol. The highest BCUT2D eigenvalue weighted by atomic mass is 32.2. The third-order valence-corrected chi connectivity index (χ3v) is 8.07.